The summed E-state index contributed by atoms with van der Waals surface area (Å²) in [5.41, 5.74) is 1.81. The van der Waals surface area contributed by atoms with Gasteiger partial charge in [0.25, 0.3) is 0 Å². The minimum absolute atomic E-state index is 0.482. The van der Waals surface area contributed by atoms with Crippen molar-refractivity contribution in [2.24, 2.45) is 0 Å². The van der Waals surface area contributed by atoms with E-state index >= 15 is 0 Å². The number of rotatable bonds is 0. The molecule has 1 aliphatic carbocycles. The molecule has 1 N–H and O–H groups in total. The number of hydrogen-bond donors (Lipinski definition) is 1. The van der Waals surface area contributed by atoms with Crippen molar-refractivity contribution in [3.8, 4) is 6.07 Å². The lowest BCUT2D eigenvalue weighted by Gasteiger charge is -2.26. The van der Waals surface area contributed by atoms with Gasteiger partial charge in [0.05, 0.1) is 12.2 Å². The molecule has 2 heteroatoms. The summed E-state index contributed by atoms with van der Waals surface area (Å²) in [6.45, 7) is 0. The number of nitriles is 1. The van der Waals surface area contributed by atoms with E-state index in [0.29, 0.717) is 0 Å². The molecular formula is C17H11NO. The Bertz CT molecular complexity index is 860. The van der Waals surface area contributed by atoms with Crippen molar-refractivity contribution in [1.29, 1.82) is 5.26 Å². The molecule has 2 atom stereocenters. The molecule has 2 nitrogen and oxygen atoms in total. The molecule has 19 heavy (non-hydrogen) atoms. The van der Waals surface area contributed by atoms with Crippen molar-refractivity contribution in [2.45, 2.75) is 12.0 Å². The minimum Gasteiger partial charge on any atom is -0.387 e. The summed E-state index contributed by atoms with van der Waals surface area (Å²) in [5, 5.41) is 24.3. The molecule has 0 spiro atoms. The standard InChI is InChI=1S/C17H11NO/c18-9-14-12-5-1-3-10-7-8-11-4-2-6-13(17(14)19)16(11)15(10)12/h1-8,14,17,19H. The molecule has 0 radical (unpaired) electrons. The summed E-state index contributed by atoms with van der Waals surface area (Å²) < 4.78 is 0. The normalized spacial score (nSPS) is 20.8. The fourth-order valence-corrected chi connectivity index (χ4v) is 3.21. The summed E-state index contributed by atoms with van der Waals surface area (Å²) in [6.07, 6.45) is -0.741. The second-order valence-corrected chi connectivity index (χ2v) is 5.01. The van der Waals surface area contributed by atoms with Crippen LogP contribution in [0.1, 0.15) is 23.1 Å². The van der Waals surface area contributed by atoms with Crippen LogP contribution in [0.5, 0.6) is 0 Å². The predicted molar refractivity (Wildman–Crippen MR) is 74.8 cm³/mol. The highest BCUT2D eigenvalue weighted by molar-refractivity contribution is 6.12. The highest BCUT2D eigenvalue weighted by Crippen LogP contribution is 2.45. The molecule has 0 aromatic heterocycles. The van der Waals surface area contributed by atoms with Crippen LogP contribution < -0.4 is 0 Å². The summed E-state index contributed by atoms with van der Waals surface area (Å²) >= 11 is 0. The van der Waals surface area contributed by atoms with E-state index in [1.807, 2.05) is 24.3 Å². The Morgan fingerprint density at radius 3 is 2.05 bits per heavy atom. The molecule has 0 heterocycles. The Morgan fingerprint density at radius 2 is 1.42 bits per heavy atom. The highest BCUT2D eigenvalue weighted by Gasteiger charge is 2.30. The number of benzene rings is 3. The lowest BCUT2D eigenvalue weighted by Crippen LogP contribution is -2.14. The topological polar surface area (TPSA) is 44.0 Å². The molecule has 3 aromatic carbocycles. The first kappa shape index (κ1) is 10.5. The van der Waals surface area contributed by atoms with E-state index in [4.69, 9.17) is 0 Å². The zero-order valence-electron chi connectivity index (χ0n) is 10.2. The van der Waals surface area contributed by atoms with Crippen LogP contribution in [0.3, 0.4) is 0 Å². The predicted octanol–water partition coefficient (Wildman–Crippen LogP) is 3.65. The van der Waals surface area contributed by atoms with Crippen LogP contribution >= 0.6 is 0 Å². The Morgan fingerprint density at radius 1 is 0.842 bits per heavy atom. The van der Waals surface area contributed by atoms with Gasteiger partial charge in [-0.3, -0.25) is 0 Å². The number of aliphatic hydroxyl groups excluding tert-OH is 1. The van der Waals surface area contributed by atoms with Gasteiger partial charge in [-0.25, -0.2) is 0 Å². The molecular weight excluding hydrogens is 234 g/mol. The van der Waals surface area contributed by atoms with Crippen molar-refractivity contribution in [3.63, 3.8) is 0 Å². The van der Waals surface area contributed by atoms with Crippen LogP contribution in [0.4, 0.5) is 0 Å². The van der Waals surface area contributed by atoms with Crippen molar-refractivity contribution in [3.05, 3.63) is 59.7 Å². The van der Waals surface area contributed by atoms with E-state index in [0.717, 1.165) is 32.7 Å². The van der Waals surface area contributed by atoms with Crippen molar-refractivity contribution < 1.29 is 5.11 Å². The summed E-state index contributed by atoms with van der Waals surface area (Å²) in [5.74, 6) is -0.482. The Kier molecular flexibility index (Phi) is 1.98. The molecule has 0 saturated heterocycles. The van der Waals surface area contributed by atoms with Crippen molar-refractivity contribution in [2.75, 3.05) is 0 Å². The van der Waals surface area contributed by atoms with E-state index in [9.17, 15) is 10.4 Å². The molecule has 0 bridgehead atoms. The van der Waals surface area contributed by atoms with Crippen molar-refractivity contribution >= 4 is 21.5 Å². The van der Waals surface area contributed by atoms with Crippen LogP contribution in [-0.2, 0) is 0 Å². The van der Waals surface area contributed by atoms with Gasteiger partial charge < -0.3 is 5.11 Å². The first-order valence-electron chi connectivity index (χ1n) is 6.33. The number of hydrogen-bond acceptors (Lipinski definition) is 2. The maximum atomic E-state index is 10.5. The van der Waals surface area contributed by atoms with Gasteiger partial charge in [-0.1, -0.05) is 48.5 Å². The Hall–Kier alpha value is -2.37. The first-order valence-corrected chi connectivity index (χ1v) is 6.33. The maximum absolute atomic E-state index is 10.5. The van der Waals surface area contributed by atoms with Crippen molar-refractivity contribution in [1.82, 2.24) is 0 Å². The third kappa shape index (κ3) is 1.23. The van der Waals surface area contributed by atoms with Gasteiger partial charge >= 0.3 is 0 Å². The summed E-state index contributed by atoms with van der Waals surface area (Å²) in [6, 6.07) is 18.3. The number of nitrogens with zero attached hydrogens (tertiary/aromatic N) is 1. The average molecular weight is 245 g/mol. The summed E-state index contributed by atoms with van der Waals surface area (Å²) in [7, 11) is 0. The second kappa shape index (κ2) is 3.57. The highest BCUT2D eigenvalue weighted by atomic mass is 16.3. The zero-order chi connectivity index (χ0) is 13.0. The third-order valence-electron chi connectivity index (χ3n) is 4.06. The Labute approximate surface area is 110 Å². The van der Waals surface area contributed by atoms with Gasteiger partial charge in [0.1, 0.15) is 5.92 Å². The van der Waals surface area contributed by atoms with E-state index in [2.05, 4.69) is 30.3 Å². The van der Waals surface area contributed by atoms with Gasteiger partial charge in [0, 0.05) is 0 Å². The van der Waals surface area contributed by atoms with Crippen LogP contribution in [0.25, 0.3) is 21.5 Å². The molecule has 3 aromatic rings. The SMILES string of the molecule is N#CC1c2cccc3ccc4cccc(c4c23)C1O. The fraction of sp³-hybridized carbons (Fsp3) is 0.118. The van der Waals surface area contributed by atoms with Gasteiger partial charge in [0.2, 0.25) is 0 Å². The first-order chi connectivity index (χ1) is 9.31. The largest absolute Gasteiger partial charge is 0.387 e. The molecule has 1 aliphatic rings. The maximum Gasteiger partial charge on any atom is 0.102 e. The van der Waals surface area contributed by atoms with Crippen LogP contribution in [0.15, 0.2) is 48.5 Å². The molecule has 0 amide bonds. The second-order valence-electron chi connectivity index (χ2n) is 5.01. The van der Waals surface area contributed by atoms with E-state index in [1.54, 1.807) is 0 Å². The van der Waals surface area contributed by atoms with Gasteiger partial charge in [-0.05, 0) is 32.7 Å². The molecule has 0 saturated carbocycles. The lowest BCUT2D eigenvalue weighted by molar-refractivity contribution is 0.165. The monoisotopic (exact) mass is 245 g/mol. The minimum atomic E-state index is -0.741. The van der Waals surface area contributed by atoms with Crippen LogP contribution in [0.2, 0.25) is 0 Å². The summed E-state index contributed by atoms with van der Waals surface area (Å²) in [4.78, 5) is 0. The smallest absolute Gasteiger partial charge is 0.102 e. The van der Waals surface area contributed by atoms with Gasteiger partial charge in [-0.15, -0.1) is 0 Å². The van der Waals surface area contributed by atoms with Crippen LogP contribution in [-0.4, -0.2) is 5.11 Å². The molecule has 4 rings (SSSR count). The fourth-order valence-electron chi connectivity index (χ4n) is 3.21. The average Bonchev–Trinajstić information content (AvgIpc) is 2.46. The van der Waals surface area contributed by atoms with E-state index in [-0.39, 0.29) is 0 Å². The third-order valence-corrected chi connectivity index (χ3v) is 4.06. The van der Waals surface area contributed by atoms with Crippen LogP contribution in [0, 0.1) is 11.3 Å². The number of aliphatic hydroxyl groups is 1. The van der Waals surface area contributed by atoms with Gasteiger partial charge in [-0.2, -0.15) is 5.26 Å². The molecule has 0 fully saturated rings. The molecule has 0 aliphatic heterocycles. The zero-order valence-corrected chi connectivity index (χ0v) is 10.2. The lowest BCUT2D eigenvalue weighted by atomic mass is 9.78. The molecule has 90 valence electrons. The van der Waals surface area contributed by atoms with Gasteiger partial charge in [0.15, 0.2) is 0 Å². The quantitative estimate of drug-likeness (QED) is 0.614. The van der Waals surface area contributed by atoms with E-state index < -0.39 is 12.0 Å². The van der Waals surface area contributed by atoms with E-state index in [1.165, 1.54) is 0 Å². The Balaban J connectivity index is 2.34. The molecule has 2 unspecified atom stereocenters.